The molecule has 3 N–H and O–H groups in total. The molecule has 0 saturated carbocycles. The first kappa shape index (κ1) is 12.5. The SMILES string of the molecule is CCC1C(=O)NCCN1c1ccc(N)c(OC)c1. The zero-order valence-corrected chi connectivity index (χ0v) is 10.8. The van der Waals surface area contributed by atoms with Crippen LogP contribution < -0.4 is 20.7 Å². The second kappa shape index (κ2) is 5.16. The number of amides is 1. The van der Waals surface area contributed by atoms with E-state index in [0.29, 0.717) is 18.0 Å². The molecule has 98 valence electrons. The Bertz CT molecular complexity index is 448. The van der Waals surface area contributed by atoms with Gasteiger partial charge >= 0.3 is 0 Å². The van der Waals surface area contributed by atoms with E-state index in [9.17, 15) is 4.79 Å². The number of nitrogens with two attached hydrogens (primary N) is 1. The molecule has 0 bridgehead atoms. The Balaban J connectivity index is 2.31. The highest BCUT2D eigenvalue weighted by Crippen LogP contribution is 2.29. The largest absolute Gasteiger partial charge is 0.495 e. The van der Waals surface area contributed by atoms with Gasteiger partial charge in [0.15, 0.2) is 0 Å². The molecule has 5 heteroatoms. The van der Waals surface area contributed by atoms with Gasteiger partial charge in [0.25, 0.3) is 0 Å². The number of anilines is 2. The summed E-state index contributed by atoms with van der Waals surface area (Å²) in [5.74, 6) is 0.730. The number of carbonyl (C=O) groups is 1. The molecular weight excluding hydrogens is 230 g/mol. The summed E-state index contributed by atoms with van der Waals surface area (Å²) in [4.78, 5) is 13.9. The third kappa shape index (κ3) is 2.20. The molecule has 1 aromatic rings. The third-order valence-electron chi connectivity index (χ3n) is 3.27. The first-order valence-corrected chi connectivity index (χ1v) is 6.15. The van der Waals surface area contributed by atoms with E-state index in [2.05, 4.69) is 10.2 Å². The van der Waals surface area contributed by atoms with E-state index in [0.717, 1.165) is 18.7 Å². The number of benzene rings is 1. The molecule has 1 heterocycles. The van der Waals surface area contributed by atoms with Gasteiger partial charge in [0, 0.05) is 24.8 Å². The minimum atomic E-state index is -0.118. The summed E-state index contributed by atoms with van der Waals surface area (Å²) in [6, 6.07) is 5.51. The number of nitrogen functional groups attached to an aromatic ring is 1. The van der Waals surface area contributed by atoms with E-state index in [-0.39, 0.29) is 11.9 Å². The van der Waals surface area contributed by atoms with E-state index in [1.54, 1.807) is 7.11 Å². The molecular formula is C13H19N3O2. The lowest BCUT2D eigenvalue weighted by molar-refractivity contribution is -0.123. The van der Waals surface area contributed by atoms with Crippen molar-refractivity contribution in [3.05, 3.63) is 18.2 Å². The van der Waals surface area contributed by atoms with Gasteiger partial charge < -0.3 is 20.7 Å². The van der Waals surface area contributed by atoms with Crippen LogP contribution in [0.5, 0.6) is 5.75 Å². The summed E-state index contributed by atoms with van der Waals surface area (Å²) in [5, 5.41) is 2.89. The van der Waals surface area contributed by atoms with Crippen molar-refractivity contribution in [3.8, 4) is 5.75 Å². The number of ether oxygens (including phenoxy) is 1. The molecule has 1 aliphatic heterocycles. The molecule has 0 radical (unpaired) electrons. The van der Waals surface area contributed by atoms with E-state index >= 15 is 0 Å². The minimum Gasteiger partial charge on any atom is -0.495 e. The Labute approximate surface area is 107 Å². The Morgan fingerprint density at radius 2 is 2.33 bits per heavy atom. The molecule has 1 aromatic carbocycles. The molecule has 0 aromatic heterocycles. The highest BCUT2D eigenvalue weighted by atomic mass is 16.5. The number of hydrogen-bond acceptors (Lipinski definition) is 4. The van der Waals surface area contributed by atoms with Crippen LogP contribution in [0.15, 0.2) is 18.2 Å². The van der Waals surface area contributed by atoms with E-state index in [1.807, 2.05) is 25.1 Å². The maximum Gasteiger partial charge on any atom is 0.242 e. The van der Waals surface area contributed by atoms with Crippen molar-refractivity contribution >= 4 is 17.3 Å². The van der Waals surface area contributed by atoms with Crippen LogP contribution in [0.4, 0.5) is 11.4 Å². The summed E-state index contributed by atoms with van der Waals surface area (Å²) in [6.45, 7) is 3.48. The van der Waals surface area contributed by atoms with E-state index < -0.39 is 0 Å². The average Bonchev–Trinajstić information content (AvgIpc) is 2.39. The lowest BCUT2D eigenvalue weighted by Gasteiger charge is -2.36. The van der Waals surface area contributed by atoms with Gasteiger partial charge in [0.05, 0.1) is 12.8 Å². The molecule has 1 atom stereocenters. The number of piperazine rings is 1. The predicted molar refractivity (Wildman–Crippen MR) is 71.8 cm³/mol. The monoisotopic (exact) mass is 249 g/mol. The molecule has 18 heavy (non-hydrogen) atoms. The average molecular weight is 249 g/mol. The van der Waals surface area contributed by atoms with Crippen LogP contribution in [-0.2, 0) is 4.79 Å². The van der Waals surface area contributed by atoms with Gasteiger partial charge in [0.2, 0.25) is 5.91 Å². The van der Waals surface area contributed by atoms with Gasteiger partial charge in [-0.1, -0.05) is 6.92 Å². The maximum atomic E-state index is 11.8. The fourth-order valence-electron chi connectivity index (χ4n) is 2.31. The predicted octanol–water partition coefficient (Wildman–Crippen LogP) is 0.992. The fraction of sp³-hybridized carbons (Fsp3) is 0.462. The number of carbonyl (C=O) groups excluding carboxylic acids is 1. The smallest absolute Gasteiger partial charge is 0.242 e. The minimum absolute atomic E-state index is 0.0829. The molecule has 5 nitrogen and oxygen atoms in total. The van der Waals surface area contributed by atoms with Gasteiger partial charge in [-0.25, -0.2) is 0 Å². The lowest BCUT2D eigenvalue weighted by atomic mass is 10.1. The first-order valence-electron chi connectivity index (χ1n) is 6.15. The normalized spacial score (nSPS) is 19.6. The standard InChI is InChI=1S/C13H19N3O2/c1-3-11-13(17)15-6-7-16(11)9-4-5-10(14)12(8-9)18-2/h4-5,8,11H,3,6-7,14H2,1-2H3,(H,15,17). The van der Waals surface area contributed by atoms with Crippen LogP contribution in [0.2, 0.25) is 0 Å². The molecule has 0 spiro atoms. The molecule has 0 aliphatic carbocycles. The summed E-state index contributed by atoms with van der Waals surface area (Å²) < 4.78 is 5.22. The molecule has 1 unspecified atom stereocenters. The van der Waals surface area contributed by atoms with Crippen molar-refractivity contribution in [1.29, 1.82) is 0 Å². The summed E-state index contributed by atoms with van der Waals surface area (Å²) in [5.41, 5.74) is 7.38. The van der Waals surface area contributed by atoms with Crippen LogP contribution in [0.1, 0.15) is 13.3 Å². The quantitative estimate of drug-likeness (QED) is 0.784. The van der Waals surface area contributed by atoms with Crippen LogP contribution in [0, 0.1) is 0 Å². The van der Waals surface area contributed by atoms with Gasteiger partial charge in [-0.15, -0.1) is 0 Å². The van der Waals surface area contributed by atoms with Crippen molar-refractivity contribution in [2.75, 3.05) is 30.8 Å². The van der Waals surface area contributed by atoms with E-state index in [1.165, 1.54) is 0 Å². The number of nitrogens with one attached hydrogen (secondary N) is 1. The Kier molecular flexibility index (Phi) is 3.60. The van der Waals surface area contributed by atoms with Crippen molar-refractivity contribution in [3.63, 3.8) is 0 Å². The summed E-state index contributed by atoms with van der Waals surface area (Å²) >= 11 is 0. The van der Waals surface area contributed by atoms with Crippen LogP contribution in [0.25, 0.3) is 0 Å². The lowest BCUT2D eigenvalue weighted by Crippen LogP contribution is -2.55. The summed E-state index contributed by atoms with van der Waals surface area (Å²) in [7, 11) is 1.59. The van der Waals surface area contributed by atoms with Crippen molar-refractivity contribution in [2.45, 2.75) is 19.4 Å². The molecule has 2 rings (SSSR count). The number of nitrogens with zero attached hydrogens (tertiary/aromatic N) is 1. The Hall–Kier alpha value is -1.91. The van der Waals surface area contributed by atoms with Gasteiger partial charge in [0.1, 0.15) is 11.8 Å². The Morgan fingerprint density at radius 1 is 1.56 bits per heavy atom. The number of rotatable bonds is 3. The van der Waals surface area contributed by atoms with E-state index in [4.69, 9.17) is 10.5 Å². The van der Waals surface area contributed by atoms with Gasteiger partial charge in [-0.05, 0) is 18.6 Å². The van der Waals surface area contributed by atoms with Gasteiger partial charge in [-0.3, -0.25) is 4.79 Å². The van der Waals surface area contributed by atoms with Crippen molar-refractivity contribution < 1.29 is 9.53 Å². The molecule has 1 aliphatic rings. The molecule has 1 amide bonds. The maximum absolute atomic E-state index is 11.8. The first-order chi connectivity index (χ1) is 8.67. The van der Waals surface area contributed by atoms with Crippen LogP contribution in [-0.4, -0.2) is 32.1 Å². The highest BCUT2D eigenvalue weighted by molar-refractivity contribution is 5.86. The Morgan fingerprint density at radius 3 is 3.00 bits per heavy atom. The van der Waals surface area contributed by atoms with Gasteiger partial charge in [-0.2, -0.15) is 0 Å². The number of hydrogen-bond donors (Lipinski definition) is 2. The van der Waals surface area contributed by atoms with Crippen molar-refractivity contribution in [1.82, 2.24) is 5.32 Å². The summed E-state index contributed by atoms with van der Waals surface area (Å²) in [6.07, 6.45) is 0.776. The highest BCUT2D eigenvalue weighted by Gasteiger charge is 2.28. The molecule has 1 fully saturated rings. The third-order valence-corrected chi connectivity index (χ3v) is 3.27. The fourth-order valence-corrected chi connectivity index (χ4v) is 2.31. The van der Waals surface area contributed by atoms with Crippen LogP contribution in [0.3, 0.4) is 0 Å². The topological polar surface area (TPSA) is 67.6 Å². The zero-order valence-electron chi connectivity index (χ0n) is 10.8. The second-order valence-corrected chi connectivity index (χ2v) is 4.33. The number of methoxy groups -OCH3 is 1. The van der Waals surface area contributed by atoms with Crippen LogP contribution >= 0.6 is 0 Å². The second-order valence-electron chi connectivity index (χ2n) is 4.33. The molecule has 1 saturated heterocycles. The zero-order chi connectivity index (χ0) is 13.1. The van der Waals surface area contributed by atoms with Crippen molar-refractivity contribution in [2.24, 2.45) is 0 Å².